The zero-order valence-electron chi connectivity index (χ0n) is 14.5. The number of ether oxygens (including phenoxy) is 2. The van der Waals surface area contributed by atoms with Crippen LogP contribution in [0.4, 0.5) is 0 Å². The highest BCUT2D eigenvalue weighted by Crippen LogP contribution is 2.11. The molecule has 124 valence electrons. The Bertz CT molecular complexity index is 240. The molecule has 0 spiro atoms. The molecule has 0 rings (SSSR count). The lowest BCUT2D eigenvalue weighted by molar-refractivity contribution is -0.140. The van der Waals surface area contributed by atoms with Gasteiger partial charge in [-0.25, -0.2) is 0 Å². The van der Waals surface area contributed by atoms with E-state index in [-0.39, 0.29) is 6.29 Å². The molecule has 2 nitrogen and oxygen atoms in total. The predicted molar refractivity (Wildman–Crippen MR) is 92.5 cm³/mol. The van der Waals surface area contributed by atoms with E-state index in [9.17, 15) is 0 Å². The summed E-state index contributed by atoms with van der Waals surface area (Å²) in [6.07, 6.45) is 20.0. The molecular formula is C19H36O2. The summed E-state index contributed by atoms with van der Waals surface area (Å²) in [6.45, 7) is 7.74. The van der Waals surface area contributed by atoms with Gasteiger partial charge < -0.3 is 9.47 Å². The molecule has 21 heavy (non-hydrogen) atoms. The Hall–Kier alpha value is -0.600. The molecule has 0 aromatic carbocycles. The van der Waals surface area contributed by atoms with Crippen LogP contribution < -0.4 is 0 Å². The van der Waals surface area contributed by atoms with Crippen molar-refractivity contribution in [2.75, 3.05) is 13.2 Å². The zero-order valence-corrected chi connectivity index (χ0v) is 14.5. The third kappa shape index (κ3) is 15.6. The lowest BCUT2D eigenvalue weighted by atomic mass is 10.1. The number of rotatable bonds is 15. The van der Waals surface area contributed by atoms with Crippen LogP contribution in [0.5, 0.6) is 0 Å². The van der Waals surface area contributed by atoms with Crippen molar-refractivity contribution in [2.45, 2.75) is 84.8 Å². The van der Waals surface area contributed by atoms with Gasteiger partial charge in [-0.1, -0.05) is 56.9 Å². The summed E-state index contributed by atoms with van der Waals surface area (Å²) < 4.78 is 11.1. The topological polar surface area (TPSA) is 18.5 Å². The summed E-state index contributed by atoms with van der Waals surface area (Å²) in [7, 11) is 0. The van der Waals surface area contributed by atoms with E-state index in [2.05, 4.69) is 31.2 Å². The highest BCUT2D eigenvalue weighted by atomic mass is 16.7. The first kappa shape index (κ1) is 20.4. The van der Waals surface area contributed by atoms with Crippen LogP contribution >= 0.6 is 0 Å². The van der Waals surface area contributed by atoms with Gasteiger partial charge in [-0.15, -0.1) is 0 Å². The van der Waals surface area contributed by atoms with Crippen LogP contribution in [0.3, 0.4) is 0 Å². The molecule has 0 radical (unpaired) electrons. The first-order chi connectivity index (χ1) is 10.3. The lowest BCUT2D eigenvalue weighted by Crippen LogP contribution is -2.17. The Morgan fingerprint density at radius 1 is 0.714 bits per heavy atom. The largest absolute Gasteiger partial charge is 0.353 e. The van der Waals surface area contributed by atoms with Gasteiger partial charge in [-0.2, -0.15) is 0 Å². The molecule has 0 N–H and O–H groups in total. The summed E-state index contributed by atoms with van der Waals surface area (Å²) in [6, 6.07) is 0. The predicted octanol–water partition coefficient (Wildman–Crippen LogP) is 6.03. The molecule has 0 bridgehead atoms. The average Bonchev–Trinajstić information content (AvgIpc) is 2.48. The number of unbranched alkanes of at least 4 members (excludes halogenated alkanes) is 6. The van der Waals surface area contributed by atoms with Crippen LogP contribution in [0.1, 0.15) is 78.6 Å². The van der Waals surface area contributed by atoms with Gasteiger partial charge in [0, 0.05) is 13.2 Å². The Labute approximate surface area is 132 Å². The van der Waals surface area contributed by atoms with Gasteiger partial charge in [0.1, 0.15) is 0 Å². The van der Waals surface area contributed by atoms with Gasteiger partial charge in [0.05, 0.1) is 0 Å². The van der Waals surface area contributed by atoms with Crippen molar-refractivity contribution in [3.05, 3.63) is 24.3 Å². The molecule has 2 heteroatoms. The maximum Gasteiger partial charge on any atom is 0.157 e. The van der Waals surface area contributed by atoms with E-state index in [1.165, 1.54) is 51.4 Å². The van der Waals surface area contributed by atoms with Crippen molar-refractivity contribution in [3.8, 4) is 0 Å². The van der Waals surface area contributed by atoms with Crippen molar-refractivity contribution in [2.24, 2.45) is 0 Å². The van der Waals surface area contributed by atoms with Gasteiger partial charge in [-0.3, -0.25) is 0 Å². The highest BCUT2D eigenvalue weighted by molar-refractivity contribution is 5.02. The molecule has 0 aliphatic heterocycles. The fraction of sp³-hybridized carbons (Fsp3) is 0.789. The smallest absolute Gasteiger partial charge is 0.157 e. The van der Waals surface area contributed by atoms with E-state index in [1.807, 2.05) is 13.8 Å². The van der Waals surface area contributed by atoms with Crippen molar-refractivity contribution in [1.82, 2.24) is 0 Å². The normalized spacial score (nSPS) is 12.2. The molecule has 0 atom stereocenters. The quantitative estimate of drug-likeness (QED) is 0.209. The second kappa shape index (κ2) is 17.5. The van der Waals surface area contributed by atoms with Crippen molar-refractivity contribution in [3.63, 3.8) is 0 Å². The molecule has 0 unspecified atom stereocenters. The third-order valence-electron chi connectivity index (χ3n) is 3.35. The average molecular weight is 296 g/mol. The fourth-order valence-corrected chi connectivity index (χ4v) is 2.21. The van der Waals surface area contributed by atoms with E-state index >= 15 is 0 Å². The van der Waals surface area contributed by atoms with Gasteiger partial charge in [0.2, 0.25) is 0 Å². The maximum absolute atomic E-state index is 5.54. The maximum atomic E-state index is 5.54. The van der Waals surface area contributed by atoms with E-state index < -0.39 is 0 Å². The van der Waals surface area contributed by atoms with Crippen LogP contribution in [0.2, 0.25) is 0 Å². The molecule has 0 aliphatic rings. The van der Waals surface area contributed by atoms with E-state index in [4.69, 9.17) is 9.47 Å². The molecule has 0 saturated heterocycles. The molecule has 0 amide bonds. The summed E-state index contributed by atoms with van der Waals surface area (Å²) in [5.41, 5.74) is 0. The Morgan fingerprint density at radius 2 is 1.29 bits per heavy atom. The molecular weight excluding hydrogens is 260 g/mol. The van der Waals surface area contributed by atoms with E-state index in [0.29, 0.717) is 0 Å². The number of hydrogen-bond donors (Lipinski definition) is 0. The first-order valence-corrected chi connectivity index (χ1v) is 8.89. The molecule has 0 aromatic rings. The Morgan fingerprint density at radius 3 is 1.90 bits per heavy atom. The lowest BCUT2D eigenvalue weighted by Gasteiger charge is -2.16. The van der Waals surface area contributed by atoms with Gasteiger partial charge in [0.15, 0.2) is 6.29 Å². The Kier molecular flexibility index (Phi) is 17.0. The monoisotopic (exact) mass is 296 g/mol. The minimum atomic E-state index is 0.0119. The van der Waals surface area contributed by atoms with Crippen LogP contribution in [0.15, 0.2) is 24.3 Å². The minimum absolute atomic E-state index is 0.0119. The van der Waals surface area contributed by atoms with Crippen LogP contribution in [-0.2, 0) is 9.47 Å². The zero-order chi connectivity index (χ0) is 15.6. The third-order valence-corrected chi connectivity index (χ3v) is 3.35. The van der Waals surface area contributed by atoms with Gasteiger partial charge in [0.25, 0.3) is 0 Å². The fourth-order valence-electron chi connectivity index (χ4n) is 2.21. The second-order valence-corrected chi connectivity index (χ2v) is 5.33. The van der Waals surface area contributed by atoms with Crippen molar-refractivity contribution in [1.29, 1.82) is 0 Å². The van der Waals surface area contributed by atoms with Crippen LogP contribution in [-0.4, -0.2) is 19.5 Å². The molecule has 0 heterocycles. The van der Waals surface area contributed by atoms with Gasteiger partial charge in [-0.05, 0) is 46.0 Å². The Balaban J connectivity index is 3.35. The van der Waals surface area contributed by atoms with Crippen LogP contribution in [0, 0.1) is 0 Å². The van der Waals surface area contributed by atoms with Crippen molar-refractivity contribution < 1.29 is 9.47 Å². The van der Waals surface area contributed by atoms with E-state index in [1.54, 1.807) is 0 Å². The summed E-state index contributed by atoms with van der Waals surface area (Å²) in [4.78, 5) is 0. The second-order valence-electron chi connectivity index (χ2n) is 5.33. The minimum Gasteiger partial charge on any atom is -0.353 e. The standard InChI is InChI=1S/C19H36O2/c1-4-7-8-9-10-11-12-13-14-15-16-17-18-19(20-5-2)21-6-3/h8-11,19H,4-7,12-18H2,1-3H3. The first-order valence-electron chi connectivity index (χ1n) is 8.89. The highest BCUT2D eigenvalue weighted by Gasteiger charge is 2.06. The summed E-state index contributed by atoms with van der Waals surface area (Å²) in [5, 5.41) is 0. The number of allylic oxidation sites excluding steroid dienone is 4. The van der Waals surface area contributed by atoms with E-state index in [0.717, 1.165) is 19.6 Å². The SMILES string of the molecule is CCCC=CC=CCCCCCCCC(OCC)OCC. The van der Waals surface area contributed by atoms with Crippen molar-refractivity contribution >= 4 is 0 Å². The molecule has 0 fully saturated rings. The molecule has 0 aliphatic carbocycles. The summed E-state index contributed by atoms with van der Waals surface area (Å²) in [5.74, 6) is 0. The number of hydrogen-bond acceptors (Lipinski definition) is 2. The molecule has 0 saturated carbocycles. The molecule has 0 aromatic heterocycles. The van der Waals surface area contributed by atoms with Crippen LogP contribution in [0.25, 0.3) is 0 Å². The summed E-state index contributed by atoms with van der Waals surface area (Å²) >= 11 is 0. The van der Waals surface area contributed by atoms with Gasteiger partial charge >= 0.3 is 0 Å².